The van der Waals surface area contributed by atoms with E-state index < -0.39 is 29.9 Å². The first-order valence-corrected chi connectivity index (χ1v) is 8.03. The first-order valence-electron chi connectivity index (χ1n) is 7.65. The topological polar surface area (TPSA) is 75.7 Å². The van der Waals surface area contributed by atoms with E-state index >= 15 is 0 Å². The van der Waals surface area contributed by atoms with Crippen molar-refractivity contribution in [1.82, 2.24) is 10.2 Å². The summed E-state index contributed by atoms with van der Waals surface area (Å²) >= 11 is 5.85. The molecule has 1 aliphatic heterocycles. The highest BCUT2D eigenvalue weighted by Gasteiger charge is 2.52. The van der Waals surface area contributed by atoms with Gasteiger partial charge in [-0.15, -0.1) is 0 Å². The van der Waals surface area contributed by atoms with E-state index in [1.54, 1.807) is 0 Å². The molecule has 3 rings (SSSR count). The van der Waals surface area contributed by atoms with Crippen LogP contribution < -0.4 is 5.32 Å². The van der Waals surface area contributed by atoms with Gasteiger partial charge < -0.3 is 10.1 Å². The van der Waals surface area contributed by atoms with Gasteiger partial charge in [-0.2, -0.15) is 0 Å². The Morgan fingerprint density at radius 3 is 2.71 bits per heavy atom. The van der Waals surface area contributed by atoms with Crippen molar-refractivity contribution < 1.29 is 23.5 Å². The second-order valence-electron chi connectivity index (χ2n) is 6.01. The molecule has 1 aliphatic carbocycles. The van der Waals surface area contributed by atoms with Crippen molar-refractivity contribution >= 4 is 29.5 Å². The molecule has 2 fully saturated rings. The smallest absolute Gasteiger partial charge is 0.326 e. The molecule has 0 unspecified atom stereocenters. The van der Waals surface area contributed by atoms with Crippen LogP contribution in [0.4, 0.5) is 9.18 Å². The summed E-state index contributed by atoms with van der Waals surface area (Å²) in [7, 11) is 0. The number of hydrogen-bond acceptors (Lipinski definition) is 4. The van der Waals surface area contributed by atoms with Crippen LogP contribution in [0, 0.1) is 5.82 Å². The van der Waals surface area contributed by atoms with Crippen LogP contribution in [0.15, 0.2) is 18.2 Å². The summed E-state index contributed by atoms with van der Waals surface area (Å²) in [5.74, 6) is -1.59. The quantitative estimate of drug-likeness (QED) is 0.665. The Balaban J connectivity index is 1.59. The molecule has 1 N–H and O–H groups in total. The van der Waals surface area contributed by atoms with Crippen LogP contribution in [0.5, 0.6) is 0 Å². The molecular formula is C16H16ClFN2O4. The zero-order chi connectivity index (χ0) is 17.3. The number of benzene rings is 1. The predicted molar refractivity (Wildman–Crippen MR) is 82.6 cm³/mol. The van der Waals surface area contributed by atoms with E-state index in [2.05, 4.69) is 5.32 Å². The van der Waals surface area contributed by atoms with Gasteiger partial charge in [-0.05, 0) is 25.0 Å². The van der Waals surface area contributed by atoms with E-state index in [9.17, 15) is 18.8 Å². The zero-order valence-electron chi connectivity index (χ0n) is 12.8. The fourth-order valence-electron chi connectivity index (χ4n) is 3.11. The van der Waals surface area contributed by atoms with Gasteiger partial charge in [-0.3, -0.25) is 14.5 Å². The number of ether oxygens (including phenoxy) is 1. The Morgan fingerprint density at radius 1 is 1.33 bits per heavy atom. The molecule has 0 aromatic heterocycles. The highest BCUT2D eigenvalue weighted by Crippen LogP contribution is 2.34. The average Bonchev–Trinajstić information content (AvgIpc) is 3.08. The first kappa shape index (κ1) is 16.7. The molecule has 1 spiro atoms. The molecule has 0 radical (unpaired) electrons. The van der Waals surface area contributed by atoms with Crippen molar-refractivity contribution in [2.45, 2.75) is 37.8 Å². The third kappa shape index (κ3) is 3.08. The number of carbonyl (C=O) groups excluding carboxylic acids is 3. The number of urea groups is 1. The lowest BCUT2D eigenvalue weighted by molar-refractivity contribution is -0.148. The van der Waals surface area contributed by atoms with Crippen LogP contribution in [0.2, 0.25) is 5.02 Å². The van der Waals surface area contributed by atoms with Gasteiger partial charge in [0.05, 0.1) is 5.02 Å². The molecule has 1 saturated carbocycles. The third-order valence-corrected chi connectivity index (χ3v) is 4.75. The van der Waals surface area contributed by atoms with Crippen LogP contribution in [-0.4, -0.2) is 34.9 Å². The van der Waals surface area contributed by atoms with Gasteiger partial charge in [-0.25, -0.2) is 9.18 Å². The Labute approximate surface area is 142 Å². The summed E-state index contributed by atoms with van der Waals surface area (Å²) in [6.45, 7) is -0.613. The fourth-order valence-corrected chi connectivity index (χ4v) is 3.33. The van der Waals surface area contributed by atoms with Gasteiger partial charge in [0, 0.05) is 5.56 Å². The Bertz CT molecular complexity index is 703. The van der Waals surface area contributed by atoms with Crippen molar-refractivity contribution in [3.63, 3.8) is 0 Å². The number of esters is 1. The van der Waals surface area contributed by atoms with Crippen molar-refractivity contribution in [3.8, 4) is 0 Å². The lowest BCUT2D eigenvalue weighted by atomic mass is 9.98. The molecule has 6 nitrogen and oxygen atoms in total. The van der Waals surface area contributed by atoms with Crippen molar-refractivity contribution in [2.24, 2.45) is 0 Å². The second-order valence-corrected chi connectivity index (χ2v) is 6.41. The molecule has 1 aromatic carbocycles. The van der Waals surface area contributed by atoms with Crippen LogP contribution >= 0.6 is 11.6 Å². The summed E-state index contributed by atoms with van der Waals surface area (Å²) < 4.78 is 18.0. The molecule has 0 atom stereocenters. The molecule has 2 aliphatic rings. The van der Waals surface area contributed by atoms with Gasteiger partial charge >= 0.3 is 12.0 Å². The minimum atomic E-state index is -0.850. The molecule has 0 bridgehead atoms. The third-order valence-electron chi connectivity index (χ3n) is 4.39. The zero-order valence-corrected chi connectivity index (χ0v) is 13.6. The predicted octanol–water partition coefficient (Wildman–Crippen LogP) is 2.39. The van der Waals surface area contributed by atoms with E-state index in [0.29, 0.717) is 18.4 Å². The van der Waals surface area contributed by atoms with Crippen molar-refractivity contribution in [1.29, 1.82) is 0 Å². The fraction of sp³-hybridized carbons (Fsp3) is 0.438. The Kier molecular flexibility index (Phi) is 4.45. The second kappa shape index (κ2) is 6.39. The lowest BCUT2D eigenvalue weighted by Crippen LogP contribution is -2.44. The first-order chi connectivity index (χ1) is 11.4. The summed E-state index contributed by atoms with van der Waals surface area (Å²) in [4.78, 5) is 37.2. The van der Waals surface area contributed by atoms with Crippen molar-refractivity contribution in [2.75, 3.05) is 6.54 Å². The average molecular weight is 355 g/mol. The number of halogens is 2. The van der Waals surface area contributed by atoms with Crippen molar-refractivity contribution in [3.05, 3.63) is 34.6 Å². The molecule has 1 aromatic rings. The van der Waals surface area contributed by atoms with E-state index in [1.807, 2.05) is 0 Å². The Hall–Kier alpha value is -2.15. The minimum absolute atomic E-state index is 0.141. The number of amides is 3. The summed E-state index contributed by atoms with van der Waals surface area (Å²) in [6.07, 6.45) is 2.92. The largest absolute Gasteiger partial charge is 0.459 e. The molecule has 1 saturated heterocycles. The minimum Gasteiger partial charge on any atom is -0.459 e. The molecule has 1 heterocycles. The summed E-state index contributed by atoms with van der Waals surface area (Å²) in [5.41, 5.74) is -0.409. The molecule has 3 amide bonds. The maximum absolute atomic E-state index is 13.0. The monoisotopic (exact) mass is 354 g/mol. The number of hydrogen-bond donors (Lipinski definition) is 1. The number of nitrogens with zero attached hydrogens (tertiary/aromatic N) is 1. The summed E-state index contributed by atoms with van der Waals surface area (Å²) in [6, 6.07) is 3.16. The van der Waals surface area contributed by atoms with Crippen LogP contribution in [-0.2, 0) is 20.9 Å². The van der Waals surface area contributed by atoms with Crippen LogP contribution in [0.25, 0.3) is 0 Å². The van der Waals surface area contributed by atoms with E-state index in [4.69, 9.17) is 16.3 Å². The maximum atomic E-state index is 13.0. The number of nitrogens with one attached hydrogen (secondary N) is 1. The number of imide groups is 1. The lowest BCUT2D eigenvalue weighted by Gasteiger charge is -2.19. The van der Waals surface area contributed by atoms with Gasteiger partial charge in [0.2, 0.25) is 0 Å². The molecule has 8 heteroatoms. The van der Waals surface area contributed by atoms with Gasteiger partial charge in [0.15, 0.2) is 0 Å². The SMILES string of the molecule is O=C(CN1C(=O)NC2(CCCC2)C1=O)OCc1ccc(F)cc1Cl. The van der Waals surface area contributed by atoms with E-state index in [1.165, 1.54) is 12.1 Å². The van der Waals surface area contributed by atoms with Gasteiger partial charge in [0.1, 0.15) is 24.5 Å². The Morgan fingerprint density at radius 2 is 2.04 bits per heavy atom. The highest BCUT2D eigenvalue weighted by molar-refractivity contribution is 6.31. The van der Waals surface area contributed by atoms with Gasteiger partial charge in [-0.1, -0.05) is 30.5 Å². The maximum Gasteiger partial charge on any atom is 0.326 e. The summed E-state index contributed by atoms with van der Waals surface area (Å²) in [5, 5.41) is 2.83. The molecular weight excluding hydrogens is 339 g/mol. The number of carbonyl (C=O) groups is 3. The van der Waals surface area contributed by atoms with Crippen LogP contribution in [0.1, 0.15) is 31.2 Å². The van der Waals surface area contributed by atoms with E-state index in [0.717, 1.165) is 23.8 Å². The molecule has 24 heavy (non-hydrogen) atoms. The standard InChI is InChI=1S/C16H16ClFN2O4/c17-12-7-11(18)4-3-10(12)9-24-13(21)8-20-14(22)16(19-15(20)23)5-1-2-6-16/h3-4,7H,1-2,5-6,8-9H2,(H,19,23). The van der Waals surface area contributed by atoms with Gasteiger partial charge in [0.25, 0.3) is 5.91 Å². The number of rotatable bonds is 4. The molecule has 128 valence electrons. The normalized spacial score (nSPS) is 19.0. The van der Waals surface area contributed by atoms with Crippen LogP contribution in [0.3, 0.4) is 0 Å². The van der Waals surface area contributed by atoms with E-state index in [-0.39, 0.29) is 17.5 Å². The highest BCUT2D eigenvalue weighted by atomic mass is 35.5.